The first-order chi connectivity index (χ1) is 11.4. The van der Waals surface area contributed by atoms with Crippen LogP contribution in [0, 0.1) is 5.92 Å². The molecule has 0 N–H and O–H groups in total. The molecule has 0 saturated carbocycles. The molecule has 0 aromatic carbocycles. The first kappa shape index (κ1) is 17.0. The predicted octanol–water partition coefficient (Wildman–Crippen LogP) is 2.81. The zero-order chi connectivity index (χ0) is 17.3. The Bertz CT molecular complexity index is 688. The Kier molecular flexibility index (Phi) is 4.67. The summed E-state index contributed by atoms with van der Waals surface area (Å²) >= 11 is 0. The Morgan fingerprint density at radius 1 is 1.38 bits per heavy atom. The van der Waals surface area contributed by atoms with E-state index in [1.807, 2.05) is 17.8 Å². The van der Waals surface area contributed by atoms with Gasteiger partial charge in [0.05, 0.1) is 5.69 Å². The highest BCUT2D eigenvalue weighted by Gasteiger charge is 2.35. The molecule has 0 amide bonds. The summed E-state index contributed by atoms with van der Waals surface area (Å²) in [7, 11) is 2.04. The van der Waals surface area contributed by atoms with Gasteiger partial charge in [0.1, 0.15) is 5.82 Å². The third kappa shape index (κ3) is 3.63. The average Bonchev–Trinajstić information content (AvgIpc) is 3.12. The fourth-order valence-corrected chi connectivity index (χ4v) is 3.36. The zero-order valence-corrected chi connectivity index (χ0v) is 13.9. The van der Waals surface area contributed by atoms with E-state index in [-0.39, 0.29) is 0 Å². The molecule has 3 rings (SSSR count). The molecule has 1 aliphatic heterocycles. The lowest BCUT2D eigenvalue weighted by molar-refractivity contribution is -0.141. The molecule has 1 aliphatic rings. The third-order valence-electron chi connectivity index (χ3n) is 4.49. The lowest BCUT2D eigenvalue weighted by atomic mass is 9.99. The molecule has 0 saturated heterocycles. The van der Waals surface area contributed by atoms with Crippen LogP contribution in [0.4, 0.5) is 13.2 Å². The topological polar surface area (TPSA) is 38.9 Å². The molecule has 0 aliphatic carbocycles. The highest BCUT2D eigenvalue weighted by atomic mass is 19.4. The Hall–Kier alpha value is -1.83. The van der Waals surface area contributed by atoms with Crippen molar-refractivity contribution in [3.05, 3.63) is 35.7 Å². The lowest BCUT2D eigenvalue weighted by Crippen LogP contribution is -2.31. The third-order valence-corrected chi connectivity index (χ3v) is 4.49. The van der Waals surface area contributed by atoms with Gasteiger partial charge in [0.15, 0.2) is 5.69 Å². The van der Waals surface area contributed by atoms with Gasteiger partial charge in [-0.05, 0) is 32.4 Å². The number of hydrogen-bond acceptors (Lipinski definition) is 3. The summed E-state index contributed by atoms with van der Waals surface area (Å²) < 4.78 is 41.9. The molecule has 132 valence electrons. The van der Waals surface area contributed by atoms with Gasteiger partial charge < -0.3 is 9.47 Å². The summed E-state index contributed by atoms with van der Waals surface area (Å²) in [5.74, 6) is 0.876. The SMILES string of the molecule is CCn1nccc1CN(C)C[C@H]1CCc2nc(C(F)(F)F)cn2C1. The molecule has 0 radical (unpaired) electrons. The first-order valence-corrected chi connectivity index (χ1v) is 8.19. The van der Waals surface area contributed by atoms with Gasteiger partial charge in [0.25, 0.3) is 0 Å². The first-order valence-electron chi connectivity index (χ1n) is 8.19. The van der Waals surface area contributed by atoms with Crippen LogP contribution >= 0.6 is 0 Å². The number of hydrogen-bond donors (Lipinski definition) is 0. The van der Waals surface area contributed by atoms with Crippen molar-refractivity contribution in [2.45, 2.75) is 45.6 Å². The molecule has 24 heavy (non-hydrogen) atoms. The zero-order valence-electron chi connectivity index (χ0n) is 13.9. The van der Waals surface area contributed by atoms with Crippen LogP contribution < -0.4 is 0 Å². The van der Waals surface area contributed by atoms with Crippen LogP contribution in [0.2, 0.25) is 0 Å². The quantitative estimate of drug-likeness (QED) is 0.839. The van der Waals surface area contributed by atoms with Crippen molar-refractivity contribution in [1.82, 2.24) is 24.2 Å². The lowest BCUT2D eigenvalue weighted by Gasteiger charge is -2.28. The van der Waals surface area contributed by atoms with E-state index < -0.39 is 11.9 Å². The monoisotopic (exact) mass is 341 g/mol. The van der Waals surface area contributed by atoms with Crippen LogP contribution in [0.1, 0.15) is 30.6 Å². The molecule has 2 aromatic heterocycles. The molecule has 1 atom stereocenters. The van der Waals surface area contributed by atoms with Crippen molar-refractivity contribution < 1.29 is 13.2 Å². The smallest absolute Gasteiger partial charge is 0.334 e. The molecule has 2 aromatic rings. The molecule has 0 fully saturated rings. The van der Waals surface area contributed by atoms with Gasteiger partial charge >= 0.3 is 6.18 Å². The Morgan fingerprint density at radius 2 is 2.17 bits per heavy atom. The molecule has 0 unspecified atom stereocenters. The minimum Gasteiger partial charge on any atom is -0.334 e. The second-order valence-electron chi connectivity index (χ2n) is 6.43. The van der Waals surface area contributed by atoms with Crippen LogP contribution in [-0.4, -0.2) is 37.8 Å². The van der Waals surface area contributed by atoms with Crippen molar-refractivity contribution >= 4 is 0 Å². The Balaban J connectivity index is 1.60. The van der Waals surface area contributed by atoms with Gasteiger partial charge in [0.2, 0.25) is 0 Å². The van der Waals surface area contributed by atoms with E-state index in [9.17, 15) is 13.2 Å². The predicted molar refractivity (Wildman–Crippen MR) is 83.3 cm³/mol. The summed E-state index contributed by atoms with van der Waals surface area (Å²) in [5, 5.41) is 4.26. The van der Waals surface area contributed by atoms with Crippen LogP contribution in [0.3, 0.4) is 0 Å². The maximum absolute atomic E-state index is 12.8. The van der Waals surface area contributed by atoms with E-state index in [2.05, 4.69) is 21.9 Å². The summed E-state index contributed by atoms with van der Waals surface area (Å²) in [6.07, 6.45) is 0.0414. The van der Waals surface area contributed by atoms with E-state index in [1.54, 1.807) is 10.8 Å². The van der Waals surface area contributed by atoms with E-state index in [1.165, 1.54) is 0 Å². The largest absolute Gasteiger partial charge is 0.434 e. The van der Waals surface area contributed by atoms with Crippen LogP contribution in [0.25, 0.3) is 0 Å². The average molecular weight is 341 g/mol. The number of fused-ring (bicyclic) bond motifs is 1. The summed E-state index contributed by atoms with van der Waals surface area (Å²) in [6, 6.07) is 2.00. The number of imidazole rings is 1. The second-order valence-corrected chi connectivity index (χ2v) is 6.43. The minimum atomic E-state index is -4.37. The minimum absolute atomic E-state index is 0.329. The number of halogens is 3. The maximum Gasteiger partial charge on any atom is 0.434 e. The molecule has 8 heteroatoms. The molecule has 5 nitrogen and oxygen atoms in total. The number of rotatable bonds is 5. The molecule has 3 heterocycles. The Morgan fingerprint density at radius 3 is 2.88 bits per heavy atom. The van der Waals surface area contributed by atoms with Gasteiger partial charge in [0, 0.05) is 45.0 Å². The highest BCUT2D eigenvalue weighted by molar-refractivity contribution is 5.10. The molecular formula is C16H22F3N5. The number of alkyl halides is 3. The number of nitrogens with zero attached hydrogens (tertiary/aromatic N) is 5. The van der Waals surface area contributed by atoms with Crippen LogP contribution in [-0.2, 0) is 32.2 Å². The van der Waals surface area contributed by atoms with E-state index in [4.69, 9.17) is 0 Å². The van der Waals surface area contributed by atoms with Gasteiger partial charge in [-0.25, -0.2) is 4.98 Å². The van der Waals surface area contributed by atoms with E-state index in [0.29, 0.717) is 24.7 Å². The summed E-state index contributed by atoms with van der Waals surface area (Å²) in [5.41, 5.74) is 0.372. The number of aryl methyl sites for hydroxylation is 2. The van der Waals surface area contributed by atoms with Gasteiger partial charge in [-0.1, -0.05) is 0 Å². The normalized spacial score (nSPS) is 18.2. The second kappa shape index (κ2) is 6.58. The van der Waals surface area contributed by atoms with Crippen molar-refractivity contribution in [3.8, 4) is 0 Å². The standard InChI is InChI=1S/C16H22F3N5/c1-3-24-13(6-7-20-24)10-22(2)8-12-4-5-15-21-14(16(17,18)19)11-23(15)9-12/h6-7,11-12H,3-5,8-10H2,1-2H3/t12-/m1/s1. The Labute approximate surface area is 139 Å². The fraction of sp³-hybridized carbons (Fsp3) is 0.625. The van der Waals surface area contributed by atoms with Crippen molar-refractivity contribution in [1.29, 1.82) is 0 Å². The molecular weight excluding hydrogens is 319 g/mol. The van der Waals surface area contributed by atoms with Crippen LogP contribution in [0.15, 0.2) is 18.5 Å². The van der Waals surface area contributed by atoms with Crippen molar-refractivity contribution in [3.63, 3.8) is 0 Å². The van der Waals surface area contributed by atoms with E-state index in [0.717, 1.165) is 37.9 Å². The highest BCUT2D eigenvalue weighted by Crippen LogP contribution is 2.30. The van der Waals surface area contributed by atoms with Crippen molar-refractivity contribution in [2.75, 3.05) is 13.6 Å². The van der Waals surface area contributed by atoms with Crippen LogP contribution in [0.5, 0.6) is 0 Å². The fourth-order valence-electron chi connectivity index (χ4n) is 3.36. The molecule has 0 spiro atoms. The van der Waals surface area contributed by atoms with Gasteiger partial charge in [-0.3, -0.25) is 4.68 Å². The van der Waals surface area contributed by atoms with Gasteiger partial charge in [-0.2, -0.15) is 18.3 Å². The maximum atomic E-state index is 12.8. The molecule has 0 bridgehead atoms. The van der Waals surface area contributed by atoms with Gasteiger partial charge in [-0.15, -0.1) is 0 Å². The summed E-state index contributed by atoms with van der Waals surface area (Å²) in [4.78, 5) is 5.94. The summed E-state index contributed by atoms with van der Waals surface area (Å²) in [6.45, 7) is 5.10. The van der Waals surface area contributed by atoms with Crippen molar-refractivity contribution in [2.24, 2.45) is 5.92 Å². The van der Waals surface area contributed by atoms with E-state index >= 15 is 0 Å². The number of aromatic nitrogens is 4.